The highest BCUT2D eigenvalue weighted by atomic mass is 16.5. The first-order chi connectivity index (χ1) is 16.2. The van der Waals surface area contributed by atoms with E-state index < -0.39 is 0 Å². The molecule has 3 heterocycles. The van der Waals surface area contributed by atoms with Crippen molar-refractivity contribution < 1.29 is 4.74 Å². The molecule has 5 rings (SSSR count). The zero-order chi connectivity index (χ0) is 22.7. The summed E-state index contributed by atoms with van der Waals surface area (Å²) in [5.41, 5.74) is 6.16. The first-order valence-corrected chi connectivity index (χ1v) is 12.9. The fourth-order valence-corrected chi connectivity index (χ4v) is 6.38. The van der Waals surface area contributed by atoms with Crippen molar-refractivity contribution in [1.29, 1.82) is 0 Å². The van der Waals surface area contributed by atoms with Gasteiger partial charge in [-0.1, -0.05) is 30.3 Å². The van der Waals surface area contributed by atoms with Gasteiger partial charge < -0.3 is 10.1 Å². The average Bonchev–Trinajstić information content (AvgIpc) is 3.40. The van der Waals surface area contributed by atoms with Crippen LogP contribution in [-0.4, -0.2) is 66.5 Å². The molecule has 0 bridgehead atoms. The molecule has 180 valence electrons. The summed E-state index contributed by atoms with van der Waals surface area (Å²) in [5, 5.41) is 8.35. The molecule has 0 atom stereocenters. The van der Waals surface area contributed by atoms with E-state index in [1.165, 1.54) is 67.7 Å². The van der Waals surface area contributed by atoms with E-state index in [-0.39, 0.29) is 0 Å². The van der Waals surface area contributed by atoms with E-state index in [2.05, 4.69) is 57.2 Å². The second kappa shape index (κ2) is 10.3. The van der Waals surface area contributed by atoms with Gasteiger partial charge in [-0.2, -0.15) is 5.10 Å². The minimum Gasteiger partial charge on any atom is -0.373 e. The first kappa shape index (κ1) is 23.0. The predicted molar refractivity (Wildman–Crippen MR) is 132 cm³/mol. The standard InChI is InChI=1S/C27H41N5O/c1-28-13-15-30(2)19-24-26(25-20-33-17-16-32(25)29-24)23-8-10-27(11-9-23)12-14-31(21-27)18-22-6-4-3-5-7-22/h3-7,23,28H,8-21H2,1-2H3. The lowest BCUT2D eigenvalue weighted by Gasteiger charge is -2.38. The molecule has 1 aromatic heterocycles. The number of likely N-dealkylation sites (tertiary alicyclic amines) is 1. The van der Waals surface area contributed by atoms with Crippen molar-refractivity contribution >= 4 is 0 Å². The summed E-state index contributed by atoms with van der Waals surface area (Å²) in [6, 6.07) is 11.0. The molecule has 2 fully saturated rings. The third-order valence-corrected chi connectivity index (χ3v) is 8.25. The number of ether oxygens (including phenoxy) is 1. The van der Waals surface area contributed by atoms with Gasteiger partial charge in [0.2, 0.25) is 0 Å². The summed E-state index contributed by atoms with van der Waals surface area (Å²) in [4.78, 5) is 5.09. The van der Waals surface area contributed by atoms with Crippen LogP contribution in [0.4, 0.5) is 0 Å². The smallest absolute Gasteiger partial charge is 0.0888 e. The van der Waals surface area contributed by atoms with Gasteiger partial charge in [-0.05, 0) is 69.6 Å². The van der Waals surface area contributed by atoms with Crippen molar-refractivity contribution in [1.82, 2.24) is 24.9 Å². The van der Waals surface area contributed by atoms with Gasteiger partial charge in [0.05, 0.1) is 31.1 Å². The first-order valence-electron chi connectivity index (χ1n) is 12.9. The maximum absolute atomic E-state index is 5.88. The Kier molecular flexibility index (Phi) is 7.16. The summed E-state index contributed by atoms with van der Waals surface area (Å²) in [7, 11) is 4.24. The number of rotatable bonds is 8. The fraction of sp³-hybridized carbons (Fsp3) is 0.667. The number of benzene rings is 1. The van der Waals surface area contributed by atoms with Crippen LogP contribution in [0.1, 0.15) is 60.5 Å². The third kappa shape index (κ3) is 5.19. The minimum atomic E-state index is 0.527. The quantitative estimate of drug-likeness (QED) is 0.664. The highest BCUT2D eigenvalue weighted by Crippen LogP contribution is 2.49. The van der Waals surface area contributed by atoms with E-state index in [1.807, 2.05) is 7.05 Å². The molecule has 1 aromatic carbocycles. The second-order valence-electron chi connectivity index (χ2n) is 10.6. The van der Waals surface area contributed by atoms with Crippen molar-refractivity contribution in [3.8, 4) is 0 Å². The summed E-state index contributed by atoms with van der Waals surface area (Å²) in [5.74, 6) is 0.636. The molecule has 33 heavy (non-hydrogen) atoms. The summed E-state index contributed by atoms with van der Waals surface area (Å²) < 4.78 is 8.14. The number of hydrogen-bond acceptors (Lipinski definition) is 5. The second-order valence-corrected chi connectivity index (χ2v) is 10.6. The minimum absolute atomic E-state index is 0.527. The monoisotopic (exact) mass is 451 g/mol. The van der Waals surface area contributed by atoms with E-state index in [9.17, 15) is 0 Å². The van der Waals surface area contributed by atoms with Crippen LogP contribution in [0.25, 0.3) is 0 Å². The molecule has 0 amide bonds. The molecular formula is C27H41N5O. The number of aromatic nitrogens is 2. The summed E-state index contributed by atoms with van der Waals surface area (Å²) in [6.45, 7) is 9.01. The van der Waals surface area contributed by atoms with Crippen LogP contribution in [-0.2, 0) is 31.0 Å². The maximum Gasteiger partial charge on any atom is 0.0888 e. The molecule has 1 N–H and O–H groups in total. The van der Waals surface area contributed by atoms with Crippen molar-refractivity contribution in [3.63, 3.8) is 0 Å². The van der Waals surface area contributed by atoms with E-state index >= 15 is 0 Å². The van der Waals surface area contributed by atoms with E-state index in [1.54, 1.807) is 0 Å². The third-order valence-electron chi connectivity index (χ3n) is 8.25. The van der Waals surface area contributed by atoms with Crippen LogP contribution >= 0.6 is 0 Å². The number of fused-ring (bicyclic) bond motifs is 1. The Hall–Kier alpha value is -1.73. The lowest BCUT2D eigenvalue weighted by Crippen LogP contribution is -2.31. The lowest BCUT2D eigenvalue weighted by atomic mass is 9.68. The average molecular weight is 452 g/mol. The molecule has 1 saturated carbocycles. The summed E-state index contributed by atoms with van der Waals surface area (Å²) >= 11 is 0. The number of nitrogens with zero attached hydrogens (tertiary/aromatic N) is 4. The zero-order valence-electron chi connectivity index (χ0n) is 20.6. The normalized spacial score (nSPS) is 25.7. The highest BCUT2D eigenvalue weighted by molar-refractivity contribution is 5.32. The van der Waals surface area contributed by atoms with Crippen molar-refractivity contribution in [2.24, 2.45) is 5.41 Å². The van der Waals surface area contributed by atoms with Crippen LogP contribution in [0.15, 0.2) is 30.3 Å². The molecule has 6 nitrogen and oxygen atoms in total. The fourth-order valence-electron chi connectivity index (χ4n) is 6.38. The van der Waals surface area contributed by atoms with Gasteiger partial charge in [-0.15, -0.1) is 0 Å². The summed E-state index contributed by atoms with van der Waals surface area (Å²) in [6.07, 6.45) is 6.66. The topological polar surface area (TPSA) is 45.6 Å². The van der Waals surface area contributed by atoms with Crippen LogP contribution < -0.4 is 5.32 Å². The van der Waals surface area contributed by atoms with Crippen LogP contribution in [0.3, 0.4) is 0 Å². The van der Waals surface area contributed by atoms with Gasteiger partial charge >= 0.3 is 0 Å². The predicted octanol–water partition coefficient (Wildman–Crippen LogP) is 3.61. The Morgan fingerprint density at radius 1 is 1.15 bits per heavy atom. The Bertz CT molecular complexity index is 903. The zero-order valence-corrected chi connectivity index (χ0v) is 20.6. The molecule has 1 aliphatic carbocycles. The van der Waals surface area contributed by atoms with Crippen LogP contribution in [0.2, 0.25) is 0 Å². The lowest BCUT2D eigenvalue weighted by molar-refractivity contribution is 0.0784. The van der Waals surface area contributed by atoms with Crippen molar-refractivity contribution in [2.45, 2.75) is 64.3 Å². The molecule has 0 radical (unpaired) electrons. The maximum atomic E-state index is 5.88. The van der Waals surface area contributed by atoms with Gasteiger partial charge in [0.1, 0.15) is 0 Å². The molecule has 3 aliphatic rings. The molecular weight excluding hydrogens is 410 g/mol. The molecule has 1 saturated heterocycles. The molecule has 2 aliphatic heterocycles. The van der Waals surface area contributed by atoms with Crippen molar-refractivity contribution in [3.05, 3.63) is 52.8 Å². The van der Waals surface area contributed by atoms with Gasteiger partial charge in [-0.25, -0.2) is 0 Å². The molecule has 2 aromatic rings. The SMILES string of the molecule is CNCCN(C)Cc1nn2c(c1C1CCC3(CC1)CCN(Cc1ccccc1)C3)COCC2. The van der Waals surface area contributed by atoms with E-state index in [4.69, 9.17) is 9.84 Å². The van der Waals surface area contributed by atoms with Gasteiger partial charge in [0.25, 0.3) is 0 Å². The van der Waals surface area contributed by atoms with E-state index in [0.717, 1.165) is 45.9 Å². The Balaban J connectivity index is 1.25. The molecule has 1 spiro atoms. The van der Waals surface area contributed by atoms with Gasteiger partial charge in [0.15, 0.2) is 0 Å². The Morgan fingerprint density at radius 3 is 2.76 bits per heavy atom. The van der Waals surface area contributed by atoms with Crippen LogP contribution in [0.5, 0.6) is 0 Å². The molecule has 6 heteroatoms. The van der Waals surface area contributed by atoms with Crippen LogP contribution in [0, 0.1) is 5.41 Å². The number of likely N-dealkylation sites (N-methyl/N-ethyl adjacent to an activating group) is 2. The Morgan fingerprint density at radius 2 is 1.97 bits per heavy atom. The van der Waals surface area contributed by atoms with E-state index in [0.29, 0.717) is 11.3 Å². The molecule has 0 unspecified atom stereocenters. The van der Waals surface area contributed by atoms with Gasteiger partial charge in [-0.3, -0.25) is 14.5 Å². The van der Waals surface area contributed by atoms with Gasteiger partial charge in [0, 0.05) is 38.3 Å². The number of nitrogens with one attached hydrogen (secondary N) is 1. The number of hydrogen-bond donors (Lipinski definition) is 1. The Labute approximate surface area is 199 Å². The van der Waals surface area contributed by atoms with Crippen molar-refractivity contribution in [2.75, 3.05) is 46.9 Å². The largest absolute Gasteiger partial charge is 0.373 e. The highest BCUT2D eigenvalue weighted by Gasteiger charge is 2.42.